The van der Waals surface area contributed by atoms with E-state index in [2.05, 4.69) is 35.2 Å². The summed E-state index contributed by atoms with van der Waals surface area (Å²) in [6.07, 6.45) is 6.13. The molecule has 3 rings (SSSR count). The molecule has 0 bridgehead atoms. The first-order valence-corrected chi connectivity index (χ1v) is 6.81. The SMILES string of the molecule is CCNc1cc(C2CC2)nc(-c2cnccc2C)n1. The van der Waals surface area contributed by atoms with Crippen molar-refractivity contribution in [1.29, 1.82) is 0 Å². The van der Waals surface area contributed by atoms with Crippen molar-refractivity contribution in [3.63, 3.8) is 0 Å². The van der Waals surface area contributed by atoms with Crippen molar-refractivity contribution in [2.24, 2.45) is 0 Å². The molecule has 0 aromatic carbocycles. The summed E-state index contributed by atoms with van der Waals surface area (Å²) < 4.78 is 0. The molecule has 1 N–H and O–H groups in total. The van der Waals surface area contributed by atoms with E-state index < -0.39 is 0 Å². The highest BCUT2D eigenvalue weighted by molar-refractivity contribution is 5.60. The Hall–Kier alpha value is -1.97. The zero-order valence-corrected chi connectivity index (χ0v) is 11.3. The number of aromatic nitrogens is 3. The number of rotatable bonds is 4. The summed E-state index contributed by atoms with van der Waals surface area (Å²) in [5.41, 5.74) is 3.33. The van der Waals surface area contributed by atoms with Gasteiger partial charge >= 0.3 is 0 Å². The molecule has 2 aromatic rings. The highest BCUT2D eigenvalue weighted by Gasteiger charge is 2.26. The molecule has 2 aromatic heterocycles. The van der Waals surface area contributed by atoms with E-state index in [0.29, 0.717) is 5.92 Å². The Bertz CT molecular complexity index is 590. The summed E-state index contributed by atoms with van der Waals surface area (Å²) in [5, 5.41) is 3.29. The number of nitrogens with zero attached hydrogens (tertiary/aromatic N) is 3. The van der Waals surface area contributed by atoms with E-state index in [4.69, 9.17) is 4.98 Å². The summed E-state index contributed by atoms with van der Waals surface area (Å²) in [6.45, 7) is 5.01. The topological polar surface area (TPSA) is 50.7 Å². The molecular weight excluding hydrogens is 236 g/mol. The number of aryl methyl sites for hydroxylation is 1. The normalized spacial score (nSPS) is 14.4. The van der Waals surface area contributed by atoms with E-state index in [1.54, 1.807) is 6.20 Å². The Balaban J connectivity index is 2.06. The molecule has 0 atom stereocenters. The highest BCUT2D eigenvalue weighted by Crippen LogP contribution is 2.40. The average molecular weight is 254 g/mol. The summed E-state index contributed by atoms with van der Waals surface area (Å²) in [4.78, 5) is 13.5. The zero-order valence-electron chi connectivity index (χ0n) is 11.3. The molecule has 1 saturated carbocycles. The lowest BCUT2D eigenvalue weighted by Gasteiger charge is -2.09. The summed E-state index contributed by atoms with van der Waals surface area (Å²) in [6, 6.07) is 4.08. The van der Waals surface area contributed by atoms with Crippen LogP contribution in [0.2, 0.25) is 0 Å². The fraction of sp³-hybridized carbons (Fsp3) is 0.400. The molecule has 1 aliphatic rings. The molecular formula is C15H18N4. The third-order valence-electron chi connectivity index (χ3n) is 3.38. The maximum atomic E-state index is 4.72. The van der Waals surface area contributed by atoms with Crippen LogP contribution in [0.4, 0.5) is 5.82 Å². The van der Waals surface area contributed by atoms with Gasteiger partial charge in [0.2, 0.25) is 0 Å². The van der Waals surface area contributed by atoms with Crippen LogP contribution < -0.4 is 5.32 Å². The molecule has 19 heavy (non-hydrogen) atoms. The molecule has 1 aliphatic carbocycles. The first-order valence-electron chi connectivity index (χ1n) is 6.81. The standard InChI is InChI=1S/C15H18N4/c1-3-17-14-8-13(11-4-5-11)18-15(19-14)12-9-16-7-6-10(12)2/h6-9,11H,3-5H2,1-2H3,(H,17,18,19). The molecule has 98 valence electrons. The lowest BCUT2D eigenvalue weighted by atomic mass is 10.1. The third kappa shape index (κ3) is 2.57. The molecule has 4 heteroatoms. The molecule has 0 radical (unpaired) electrons. The molecule has 4 nitrogen and oxygen atoms in total. The largest absolute Gasteiger partial charge is 0.370 e. The number of hydrogen-bond acceptors (Lipinski definition) is 4. The van der Waals surface area contributed by atoms with Crippen LogP contribution in [0.15, 0.2) is 24.5 Å². The van der Waals surface area contributed by atoms with Crippen LogP contribution in [-0.4, -0.2) is 21.5 Å². The van der Waals surface area contributed by atoms with Gasteiger partial charge < -0.3 is 5.32 Å². The number of anilines is 1. The fourth-order valence-corrected chi connectivity index (χ4v) is 2.14. The molecule has 0 saturated heterocycles. The van der Waals surface area contributed by atoms with Crippen LogP contribution in [0.25, 0.3) is 11.4 Å². The van der Waals surface area contributed by atoms with E-state index >= 15 is 0 Å². The Labute approximate surface area is 113 Å². The molecule has 0 aliphatic heterocycles. The number of pyridine rings is 1. The van der Waals surface area contributed by atoms with Crippen LogP contribution in [0.3, 0.4) is 0 Å². The van der Waals surface area contributed by atoms with E-state index in [1.807, 2.05) is 12.3 Å². The van der Waals surface area contributed by atoms with Gasteiger partial charge in [-0.2, -0.15) is 0 Å². The number of nitrogens with one attached hydrogen (secondary N) is 1. The second-order valence-electron chi connectivity index (χ2n) is 5.00. The van der Waals surface area contributed by atoms with Gasteiger partial charge in [-0.1, -0.05) is 0 Å². The van der Waals surface area contributed by atoms with Gasteiger partial charge in [-0.05, 0) is 38.3 Å². The Morgan fingerprint density at radius 2 is 2.16 bits per heavy atom. The van der Waals surface area contributed by atoms with Crippen molar-refractivity contribution in [2.45, 2.75) is 32.6 Å². The molecule has 0 amide bonds. The van der Waals surface area contributed by atoms with E-state index in [1.165, 1.54) is 12.8 Å². The van der Waals surface area contributed by atoms with E-state index in [-0.39, 0.29) is 0 Å². The van der Waals surface area contributed by atoms with Gasteiger partial charge in [0.25, 0.3) is 0 Å². The van der Waals surface area contributed by atoms with Gasteiger partial charge in [0.05, 0.1) is 0 Å². The van der Waals surface area contributed by atoms with Crippen molar-refractivity contribution >= 4 is 5.82 Å². The van der Waals surface area contributed by atoms with Gasteiger partial charge in [-0.15, -0.1) is 0 Å². The minimum atomic E-state index is 0.621. The lowest BCUT2D eigenvalue weighted by Crippen LogP contribution is -2.04. The first kappa shape index (κ1) is 12.1. The van der Waals surface area contributed by atoms with Gasteiger partial charge in [-0.3, -0.25) is 4.98 Å². The van der Waals surface area contributed by atoms with Crippen LogP contribution in [0.1, 0.15) is 36.9 Å². The van der Waals surface area contributed by atoms with Crippen molar-refractivity contribution < 1.29 is 0 Å². The minimum absolute atomic E-state index is 0.621. The zero-order chi connectivity index (χ0) is 13.2. The molecule has 0 unspecified atom stereocenters. The Morgan fingerprint density at radius 3 is 2.84 bits per heavy atom. The van der Waals surface area contributed by atoms with Crippen molar-refractivity contribution in [2.75, 3.05) is 11.9 Å². The van der Waals surface area contributed by atoms with Gasteiger partial charge in [-0.25, -0.2) is 9.97 Å². The Kier molecular flexibility index (Phi) is 3.15. The monoisotopic (exact) mass is 254 g/mol. The quantitative estimate of drug-likeness (QED) is 0.910. The Morgan fingerprint density at radius 1 is 1.32 bits per heavy atom. The van der Waals surface area contributed by atoms with Gasteiger partial charge in [0, 0.05) is 42.2 Å². The first-order chi connectivity index (χ1) is 9.28. The average Bonchev–Trinajstić information content (AvgIpc) is 3.23. The summed E-state index contributed by atoms with van der Waals surface area (Å²) in [7, 11) is 0. The second-order valence-corrected chi connectivity index (χ2v) is 5.00. The lowest BCUT2D eigenvalue weighted by molar-refractivity contribution is 0.985. The summed E-state index contributed by atoms with van der Waals surface area (Å²) in [5.74, 6) is 2.32. The second kappa shape index (κ2) is 4.96. The van der Waals surface area contributed by atoms with Gasteiger partial charge in [0.1, 0.15) is 5.82 Å². The predicted octanol–water partition coefficient (Wildman–Crippen LogP) is 3.16. The maximum Gasteiger partial charge on any atom is 0.163 e. The van der Waals surface area contributed by atoms with E-state index in [0.717, 1.165) is 35.0 Å². The smallest absolute Gasteiger partial charge is 0.163 e. The molecule has 0 spiro atoms. The van der Waals surface area contributed by atoms with Crippen LogP contribution >= 0.6 is 0 Å². The van der Waals surface area contributed by atoms with Crippen LogP contribution in [-0.2, 0) is 0 Å². The minimum Gasteiger partial charge on any atom is -0.370 e. The van der Waals surface area contributed by atoms with Crippen molar-refractivity contribution in [1.82, 2.24) is 15.0 Å². The highest BCUT2D eigenvalue weighted by atomic mass is 15.0. The number of hydrogen-bond donors (Lipinski definition) is 1. The van der Waals surface area contributed by atoms with Crippen LogP contribution in [0, 0.1) is 6.92 Å². The predicted molar refractivity (Wildman–Crippen MR) is 76.1 cm³/mol. The van der Waals surface area contributed by atoms with Gasteiger partial charge in [0.15, 0.2) is 5.82 Å². The maximum absolute atomic E-state index is 4.72. The molecule has 2 heterocycles. The van der Waals surface area contributed by atoms with Crippen LogP contribution in [0.5, 0.6) is 0 Å². The van der Waals surface area contributed by atoms with E-state index in [9.17, 15) is 0 Å². The summed E-state index contributed by atoms with van der Waals surface area (Å²) >= 11 is 0. The molecule has 1 fully saturated rings. The third-order valence-corrected chi connectivity index (χ3v) is 3.38. The van der Waals surface area contributed by atoms with Crippen molar-refractivity contribution in [3.8, 4) is 11.4 Å². The van der Waals surface area contributed by atoms with Crippen molar-refractivity contribution in [3.05, 3.63) is 35.8 Å². The fourth-order valence-electron chi connectivity index (χ4n) is 2.14.